The van der Waals surface area contributed by atoms with E-state index in [-0.39, 0.29) is 5.91 Å². The van der Waals surface area contributed by atoms with Crippen molar-refractivity contribution < 1.29 is 9.53 Å². The lowest BCUT2D eigenvalue weighted by Gasteiger charge is -2.28. The van der Waals surface area contributed by atoms with Crippen LogP contribution in [0.4, 0.5) is 0 Å². The van der Waals surface area contributed by atoms with Gasteiger partial charge in [0.2, 0.25) is 5.91 Å². The van der Waals surface area contributed by atoms with Crippen molar-refractivity contribution in [2.24, 2.45) is 5.41 Å². The molecule has 1 saturated heterocycles. The number of aromatic nitrogens is 1. The second-order valence-corrected chi connectivity index (χ2v) is 8.29. The highest BCUT2D eigenvalue weighted by Gasteiger charge is 2.44. The molecule has 1 aromatic heterocycles. The van der Waals surface area contributed by atoms with Gasteiger partial charge in [-0.1, -0.05) is 42.5 Å². The lowest BCUT2D eigenvalue weighted by Crippen LogP contribution is -2.43. The molecule has 1 fully saturated rings. The Morgan fingerprint density at radius 2 is 1.90 bits per heavy atom. The SMILES string of the molecule is CNC(=O)C1(Cc2cccc(-c3cccnc3)c2)CCN(Cc2ccc(OC)cc2)C1. The second kappa shape index (κ2) is 9.31. The molecule has 0 saturated carbocycles. The number of carbonyl (C=O) groups is 1. The summed E-state index contributed by atoms with van der Waals surface area (Å²) in [6.45, 7) is 2.48. The molecule has 2 heterocycles. The number of ether oxygens (including phenoxy) is 1. The van der Waals surface area contributed by atoms with Crippen LogP contribution in [0.1, 0.15) is 17.5 Å². The number of hydrogen-bond acceptors (Lipinski definition) is 4. The van der Waals surface area contributed by atoms with Crippen LogP contribution in [-0.4, -0.2) is 43.0 Å². The molecule has 160 valence electrons. The van der Waals surface area contributed by atoms with E-state index >= 15 is 0 Å². The lowest BCUT2D eigenvalue weighted by atomic mass is 9.79. The largest absolute Gasteiger partial charge is 0.497 e. The fraction of sp³-hybridized carbons (Fsp3) is 0.308. The third-order valence-electron chi connectivity index (χ3n) is 6.17. The first-order chi connectivity index (χ1) is 15.1. The number of hydrogen-bond donors (Lipinski definition) is 1. The maximum absolute atomic E-state index is 13.0. The highest BCUT2D eigenvalue weighted by atomic mass is 16.5. The summed E-state index contributed by atoms with van der Waals surface area (Å²) in [4.78, 5) is 19.6. The molecule has 1 aliphatic rings. The Morgan fingerprint density at radius 3 is 2.61 bits per heavy atom. The molecule has 1 atom stereocenters. The Balaban J connectivity index is 1.52. The molecular formula is C26H29N3O2. The van der Waals surface area contributed by atoms with E-state index in [1.165, 1.54) is 11.1 Å². The smallest absolute Gasteiger partial charge is 0.227 e. The quantitative estimate of drug-likeness (QED) is 0.635. The van der Waals surface area contributed by atoms with Gasteiger partial charge in [-0.05, 0) is 59.8 Å². The number of nitrogens with zero attached hydrogens (tertiary/aromatic N) is 2. The zero-order valence-corrected chi connectivity index (χ0v) is 18.2. The van der Waals surface area contributed by atoms with Crippen LogP contribution in [0, 0.1) is 5.41 Å². The number of carbonyl (C=O) groups excluding carboxylic acids is 1. The second-order valence-electron chi connectivity index (χ2n) is 8.29. The van der Waals surface area contributed by atoms with Crippen LogP contribution in [0.3, 0.4) is 0 Å². The first kappa shape index (κ1) is 21.1. The summed E-state index contributed by atoms with van der Waals surface area (Å²) < 4.78 is 5.26. The average Bonchev–Trinajstić information content (AvgIpc) is 3.23. The molecule has 1 N–H and O–H groups in total. The third kappa shape index (κ3) is 4.78. The third-order valence-corrected chi connectivity index (χ3v) is 6.17. The molecule has 0 spiro atoms. The van der Waals surface area contributed by atoms with E-state index in [9.17, 15) is 4.79 Å². The lowest BCUT2D eigenvalue weighted by molar-refractivity contribution is -0.130. The van der Waals surface area contributed by atoms with Crippen LogP contribution in [0.5, 0.6) is 5.75 Å². The number of methoxy groups -OCH3 is 1. The minimum Gasteiger partial charge on any atom is -0.497 e. The summed E-state index contributed by atoms with van der Waals surface area (Å²) in [5, 5.41) is 2.92. The van der Waals surface area contributed by atoms with Crippen molar-refractivity contribution in [3.63, 3.8) is 0 Å². The van der Waals surface area contributed by atoms with Crippen molar-refractivity contribution >= 4 is 5.91 Å². The van der Waals surface area contributed by atoms with Crippen molar-refractivity contribution in [2.75, 3.05) is 27.2 Å². The summed E-state index contributed by atoms with van der Waals surface area (Å²) >= 11 is 0. The summed E-state index contributed by atoms with van der Waals surface area (Å²) in [5.74, 6) is 0.981. The Morgan fingerprint density at radius 1 is 1.10 bits per heavy atom. The van der Waals surface area contributed by atoms with Gasteiger partial charge in [0.15, 0.2) is 0 Å². The number of nitrogens with one attached hydrogen (secondary N) is 1. The molecule has 0 bridgehead atoms. The van der Waals surface area contributed by atoms with Crippen LogP contribution >= 0.6 is 0 Å². The Labute approximate surface area is 184 Å². The summed E-state index contributed by atoms with van der Waals surface area (Å²) in [7, 11) is 3.42. The van der Waals surface area contributed by atoms with Gasteiger partial charge in [0.25, 0.3) is 0 Å². The van der Waals surface area contributed by atoms with Crippen molar-refractivity contribution in [1.29, 1.82) is 0 Å². The molecule has 1 amide bonds. The van der Waals surface area contributed by atoms with Gasteiger partial charge >= 0.3 is 0 Å². The fourth-order valence-electron chi connectivity index (χ4n) is 4.54. The van der Waals surface area contributed by atoms with Crippen LogP contribution in [0.25, 0.3) is 11.1 Å². The molecule has 1 aliphatic heterocycles. The zero-order chi connectivity index (χ0) is 21.7. The molecule has 2 aromatic carbocycles. The minimum atomic E-state index is -0.422. The van der Waals surface area contributed by atoms with Gasteiger partial charge in [0.1, 0.15) is 5.75 Å². The molecule has 1 unspecified atom stereocenters. The molecule has 5 nitrogen and oxygen atoms in total. The van der Waals surface area contributed by atoms with Gasteiger partial charge in [0.05, 0.1) is 12.5 Å². The topological polar surface area (TPSA) is 54.5 Å². The van der Waals surface area contributed by atoms with Crippen molar-refractivity contribution in [3.05, 3.63) is 84.2 Å². The van der Waals surface area contributed by atoms with E-state index in [4.69, 9.17) is 4.74 Å². The molecule has 0 radical (unpaired) electrons. The summed E-state index contributed by atoms with van der Waals surface area (Å²) in [6.07, 6.45) is 5.23. The molecule has 5 heteroatoms. The van der Waals surface area contributed by atoms with Gasteiger partial charge in [0, 0.05) is 32.5 Å². The first-order valence-corrected chi connectivity index (χ1v) is 10.7. The Hall–Kier alpha value is -3.18. The van der Waals surface area contributed by atoms with Gasteiger partial charge in [-0.2, -0.15) is 0 Å². The number of benzene rings is 2. The summed E-state index contributed by atoms with van der Waals surface area (Å²) in [6, 6.07) is 20.6. The molecule has 3 aromatic rings. The molecule has 0 aliphatic carbocycles. The van der Waals surface area contributed by atoms with Crippen molar-refractivity contribution in [1.82, 2.24) is 15.2 Å². The van der Waals surface area contributed by atoms with Gasteiger partial charge < -0.3 is 10.1 Å². The predicted octanol–water partition coefficient (Wildman–Crippen LogP) is 3.94. The van der Waals surface area contributed by atoms with E-state index in [1.807, 2.05) is 24.4 Å². The van der Waals surface area contributed by atoms with Crippen LogP contribution in [0.15, 0.2) is 73.1 Å². The predicted molar refractivity (Wildman–Crippen MR) is 123 cm³/mol. The van der Waals surface area contributed by atoms with E-state index in [0.717, 1.165) is 49.4 Å². The molecule has 4 rings (SSSR count). The standard InChI is InChI=1S/C26H29N3O2/c1-27-25(30)26(12-14-29(19-26)18-20-8-10-24(31-2)11-9-20)16-21-5-3-6-22(15-21)23-7-4-13-28-17-23/h3-11,13,15,17H,12,14,16,18-19H2,1-2H3,(H,27,30). The van der Waals surface area contributed by atoms with Gasteiger partial charge in [-0.3, -0.25) is 14.7 Å². The molecule has 31 heavy (non-hydrogen) atoms. The highest BCUT2D eigenvalue weighted by Crippen LogP contribution is 2.36. The maximum atomic E-state index is 13.0. The number of likely N-dealkylation sites (tertiary alicyclic amines) is 1. The van der Waals surface area contributed by atoms with Crippen molar-refractivity contribution in [3.8, 4) is 16.9 Å². The minimum absolute atomic E-state index is 0.122. The normalized spacial score (nSPS) is 18.6. The first-order valence-electron chi connectivity index (χ1n) is 10.7. The van der Waals surface area contributed by atoms with E-state index in [2.05, 4.69) is 57.7 Å². The number of amides is 1. The van der Waals surface area contributed by atoms with Gasteiger partial charge in [-0.25, -0.2) is 0 Å². The number of pyridine rings is 1. The van der Waals surface area contributed by atoms with Crippen LogP contribution in [-0.2, 0) is 17.8 Å². The fourth-order valence-corrected chi connectivity index (χ4v) is 4.54. The molecular weight excluding hydrogens is 386 g/mol. The summed E-state index contributed by atoms with van der Waals surface area (Å²) in [5.41, 5.74) is 4.20. The van der Waals surface area contributed by atoms with E-state index in [1.54, 1.807) is 20.4 Å². The van der Waals surface area contributed by atoms with Crippen LogP contribution < -0.4 is 10.1 Å². The highest BCUT2D eigenvalue weighted by molar-refractivity contribution is 5.83. The number of rotatable bonds is 7. The maximum Gasteiger partial charge on any atom is 0.227 e. The monoisotopic (exact) mass is 415 g/mol. The Kier molecular flexibility index (Phi) is 6.33. The van der Waals surface area contributed by atoms with Crippen LogP contribution in [0.2, 0.25) is 0 Å². The Bertz CT molecular complexity index is 1020. The zero-order valence-electron chi connectivity index (χ0n) is 18.2. The van der Waals surface area contributed by atoms with E-state index < -0.39 is 5.41 Å². The van der Waals surface area contributed by atoms with E-state index in [0.29, 0.717) is 0 Å². The van der Waals surface area contributed by atoms with Gasteiger partial charge in [-0.15, -0.1) is 0 Å². The van der Waals surface area contributed by atoms with Crippen molar-refractivity contribution in [2.45, 2.75) is 19.4 Å². The average molecular weight is 416 g/mol.